The molecule has 1 saturated heterocycles. The number of nitrogens with zero attached hydrogens (tertiary/aromatic N) is 2. The molecule has 0 aromatic heterocycles. The van der Waals surface area contributed by atoms with Crippen molar-refractivity contribution in [2.45, 2.75) is 19.9 Å². The highest BCUT2D eigenvalue weighted by Gasteiger charge is 2.43. The van der Waals surface area contributed by atoms with Gasteiger partial charge in [-0.1, -0.05) is 30.3 Å². The molecule has 2 rings (SSSR count). The molecule has 1 unspecified atom stereocenters. The molecule has 1 atom stereocenters. The molecule has 1 aliphatic heterocycles. The molecule has 1 aliphatic rings. The van der Waals surface area contributed by atoms with Gasteiger partial charge in [0.2, 0.25) is 0 Å². The topological polar surface area (TPSA) is 40.6 Å². The Balaban J connectivity index is 2.39. The average molecular weight is 232 g/mol. The van der Waals surface area contributed by atoms with E-state index in [0.29, 0.717) is 13.1 Å². The molecular formula is C13H16N2O2. The van der Waals surface area contributed by atoms with E-state index in [1.54, 1.807) is 4.90 Å². The van der Waals surface area contributed by atoms with Gasteiger partial charge in [-0.05, 0) is 19.4 Å². The highest BCUT2D eigenvalue weighted by Crippen LogP contribution is 2.30. The number of carbonyl (C=O) groups excluding carboxylic acids is 2. The molecule has 0 aliphatic carbocycles. The minimum Gasteiger partial charge on any atom is -0.308 e. The van der Waals surface area contributed by atoms with Crippen molar-refractivity contribution in [1.29, 1.82) is 0 Å². The number of likely N-dealkylation sites (N-methyl/N-ethyl adjacent to an activating group) is 2. The average Bonchev–Trinajstić information content (AvgIpc) is 2.61. The quantitative estimate of drug-likeness (QED) is 0.748. The largest absolute Gasteiger partial charge is 0.327 e. The van der Waals surface area contributed by atoms with Gasteiger partial charge < -0.3 is 4.90 Å². The van der Waals surface area contributed by atoms with Gasteiger partial charge in [-0.25, -0.2) is 4.79 Å². The van der Waals surface area contributed by atoms with Crippen molar-refractivity contribution in [2.24, 2.45) is 0 Å². The van der Waals surface area contributed by atoms with Crippen LogP contribution in [0.25, 0.3) is 0 Å². The van der Waals surface area contributed by atoms with Gasteiger partial charge in [0, 0.05) is 13.1 Å². The van der Waals surface area contributed by atoms with Crippen LogP contribution in [0, 0.1) is 0 Å². The number of benzene rings is 1. The van der Waals surface area contributed by atoms with E-state index in [1.165, 1.54) is 4.90 Å². The minimum absolute atomic E-state index is 0.120. The molecule has 0 spiro atoms. The standard InChI is InChI=1S/C13H16N2O2/c1-3-14-11(10-8-6-5-7-9-10)12(16)15(4-2)13(14)17/h5-9,11H,3-4H2,1-2H3. The summed E-state index contributed by atoms with van der Waals surface area (Å²) in [5, 5.41) is 0. The van der Waals surface area contributed by atoms with Crippen molar-refractivity contribution in [3.05, 3.63) is 35.9 Å². The Morgan fingerprint density at radius 2 is 1.71 bits per heavy atom. The maximum absolute atomic E-state index is 12.2. The lowest BCUT2D eigenvalue weighted by Gasteiger charge is -2.19. The van der Waals surface area contributed by atoms with Crippen LogP contribution in [-0.2, 0) is 4.79 Å². The van der Waals surface area contributed by atoms with Crippen LogP contribution in [0.2, 0.25) is 0 Å². The van der Waals surface area contributed by atoms with E-state index in [1.807, 2.05) is 44.2 Å². The third kappa shape index (κ3) is 1.79. The van der Waals surface area contributed by atoms with Gasteiger partial charge in [0.25, 0.3) is 5.91 Å². The zero-order valence-electron chi connectivity index (χ0n) is 10.1. The molecule has 17 heavy (non-hydrogen) atoms. The number of hydrogen-bond acceptors (Lipinski definition) is 2. The molecular weight excluding hydrogens is 216 g/mol. The predicted molar refractivity (Wildman–Crippen MR) is 64.3 cm³/mol. The third-order valence-corrected chi connectivity index (χ3v) is 3.06. The lowest BCUT2D eigenvalue weighted by molar-refractivity contribution is -0.128. The third-order valence-electron chi connectivity index (χ3n) is 3.06. The Kier molecular flexibility index (Phi) is 3.13. The van der Waals surface area contributed by atoms with Crippen molar-refractivity contribution in [1.82, 2.24) is 9.80 Å². The maximum Gasteiger partial charge on any atom is 0.327 e. The van der Waals surface area contributed by atoms with Gasteiger partial charge >= 0.3 is 6.03 Å². The summed E-state index contributed by atoms with van der Waals surface area (Å²) in [6.07, 6.45) is 0. The number of carbonyl (C=O) groups is 2. The van der Waals surface area contributed by atoms with Crippen LogP contribution in [0.3, 0.4) is 0 Å². The van der Waals surface area contributed by atoms with Crippen LogP contribution < -0.4 is 0 Å². The first-order valence-corrected chi connectivity index (χ1v) is 5.87. The molecule has 0 radical (unpaired) electrons. The second-order valence-corrected chi connectivity index (χ2v) is 3.96. The zero-order chi connectivity index (χ0) is 12.4. The first-order valence-electron chi connectivity index (χ1n) is 5.87. The number of rotatable bonds is 3. The molecule has 1 aromatic rings. The Bertz CT molecular complexity index is 430. The summed E-state index contributed by atoms with van der Waals surface area (Å²) in [5.41, 5.74) is 0.878. The van der Waals surface area contributed by atoms with Crippen LogP contribution in [0.15, 0.2) is 30.3 Å². The molecule has 1 fully saturated rings. The summed E-state index contributed by atoms with van der Waals surface area (Å²) in [7, 11) is 0. The summed E-state index contributed by atoms with van der Waals surface area (Å²) < 4.78 is 0. The molecule has 90 valence electrons. The van der Waals surface area contributed by atoms with E-state index >= 15 is 0 Å². The highest BCUT2D eigenvalue weighted by atomic mass is 16.2. The van der Waals surface area contributed by atoms with Crippen molar-refractivity contribution in [3.63, 3.8) is 0 Å². The Morgan fingerprint density at radius 3 is 2.24 bits per heavy atom. The van der Waals surface area contributed by atoms with Gasteiger partial charge in [0.15, 0.2) is 0 Å². The number of hydrogen-bond donors (Lipinski definition) is 0. The van der Waals surface area contributed by atoms with Crippen molar-refractivity contribution < 1.29 is 9.59 Å². The smallest absolute Gasteiger partial charge is 0.308 e. The van der Waals surface area contributed by atoms with Gasteiger partial charge in [0.1, 0.15) is 6.04 Å². The van der Waals surface area contributed by atoms with Crippen molar-refractivity contribution in [3.8, 4) is 0 Å². The lowest BCUT2D eigenvalue weighted by Crippen LogP contribution is -2.32. The maximum atomic E-state index is 12.2. The van der Waals surface area contributed by atoms with Crippen LogP contribution in [0.4, 0.5) is 4.79 Å². The number of urea groups is 1. The molecule has 0 N–H and O–H groups in total. The molecule has 3 amide bonds. The van der Waals surface area contributed by atoms with E-state index in [9.17, 15) is 9.59 Å². The van der Waals surface area contributed by atoms with Crippen molar-refractivity contribution >= 4 is 11.9 Å². The zero-order valence-corrected chi connectivity index (χ0v) is 10.1. The van der Waals surface area contributed by atoms with E-state index in [-0.39, 0.29) is 11.9 Å². The summed E-state index contributed by atoms with van der Waals surface area (Å²) in [6, 6.07) is 8.81. The van der Waals surface area contributed by atoms with E-state index in [0.717, 1.165) is 5.56 Å². The molecule has 0 saturated carbocycles. The molecule has 1 aromatic carbocycles. The van der Waals surface area contributed by atoms with Crippen LogP contribution in [0.1, 0.15) is 25.5 Å². The first kappa shape index (κ1) is 11.6. The Hall–Kier alpha value is -1.84. The summed E-state index contributed by atoms with van der Waals surface area (Å²) in [4.78, 5) is 27.1. The fraction of sp³-hybridized carbons (Fsp3) is 0.385. The fourth-order valence-electron chi connectivity index (χ4n) is 2.21. The molecule has 4 heteroatoms. The van der Waals surface area contributed by atoms with E-state index in [4.69, 9.17) is 0 Å². The molecule has 4 nitrogen and oxygen atoms in total. The van der Waals surface area contributed by atoms with Crippen LogP contribution >= 0.6 is 0 Å². The van der Waals surface area contributed by atoms with Gasteiger partial charge in [-0.2, -0.15) is 0 Å². The lowest BCUT2D eigenvalue weighted by atomic mass is 10.1. The van der Waals surface area contributed by atoms with E-state index < -0.39 is 6.04 Å². The fourth-order valence-corrected chi connectivity index (χ4v) is 2.21. The summed E-state index contributed by atoms with van der Waals surface area (Å²) >= 11 is 0. The predicted octanol–water partition coefficient (Wildman–Crippen LogP) is 2.03. The van der Waals surface area contributed by atoms with Crippen molar-refractivity contribution in [2.75, 3.05) is 13.1 Å². The number of amides is 3. The molecule has 1 heterocycles. The van der Waals surface area contributed by atoms with Crippen LogP contribution in [0.5, 0.6) is 0 Å². The summed E-state index contributed by atoms with van der Waals surface area (Å²) in [5.74, 6) is -0.120. The highest BCUT2D eigenvalue weighted by molar-refractivity contribution is 6.04. The summed E-state index contributed by atoms with van der Waals surface area (Å²) in [6.45, 7) is 4.68. The Morgan fingerprint density at radius 1 is 1.06 bits per heavy atom. The first-order chi connectivity index (χ1) is 8.20. The second-order valence-electron chi connectivity index (χ2n) is 3.96. The molecule has 0 bridgehead atoms. The van der Waals surface area contributed by atoms with Crippen LogP contribution in [-0.4, -0.2) is 34.8 Å². The monoisotopic (exact) mass is 232 g/mol. The van der Waals surface area contributed by atoms with Gasteiger partial charge in [0.05, 0.1) is 0 Å². The minimum atomic E-state index is -0.450. The van der Waals surface area contributed by atoms with Gasteiger partial charge in [-0.3, -0.25) is 9.69 Å². The van der Waals surface area contributed by atoms with E-state index in [2.05, 4.69) is 0 Å². The second kappa shape index (κ2) is 4.57. The SMILES string of the molecule is CCN1C(=O)C(c2ccccc2)N(CC)C1=O. The van der Waals surface area contributed by atoms with Gasteiger partial charge in [-0.15, -0.1) is 0 Å². The normalized spacial score (nSPS) is 20.2. The number of imide groups is 1. The Labute approximate surface area is 101 Å².